The summed E-state index contributed by atoms with van der Waals surface area (Å²) in [4.78, 5) is 0. The van der Waals surface area contributed by atoms with Gasteiger partial charge in [-0.2, -0.15) is 0 Å². The predicted octanol–water partition coefficient (Wildman–Crippen LogP) is 1.69. The Morgan fingerprint density at radius 3 is 2.12 bits per heavy atom. The Kier molecular flexibility index (Phi) is 3.29. The van der Waals surface area contributed by atoms with E-state index in [0.717, 1.165) is 11.1 Å². The Labute approximate surface area is 99.3 Å². The molecule has 0 saturated heterocycles. The zero-order valence-corrected chi connectivity index (χ0v) is 9.22. The molecule has 2 aromatic rings. The first-order valence-electron chi connectivity index (χ1n) is 4.89. The summed E-state index contributed by atoms with van der Waals surface area (Å²) >= 11 is 5.95. The highest BCUT2D eigenvalue weighted by Crippen LogP contribution is 2.21. The molecule has 0 bridgehead atoms. The Hall–Kier alpha value is -1.29. The molecule has 0 aliphatic rings. The molecule has 0 amide bonds. The zero-order valence-electron chi connectivity index (χ0n) is 8.47. The molecule has 0 saturated carbocycles. The molecule has 0 heterocycles. The Bertz CT molecular complexity index is 486. The highest BCUT2D eigenvalue weighted by Gasteiger charge is 2.15. The van der Waals surface area contributed by atoms with Gasteiger partial charge in [-0.1, -0.05) is 54.1 Å². The first-order chi connectivity index (χ1) is 7.68. The summed E-state index contributed by atoms with van der Waals surface area (Å²) in [7, 11) is -1.53. The normalized spacial score (nSPS) is 10.2. The second kappa shape index (κ2) is 4.70. The predicted molar refractivity (Wildman–Crippen MR) is 66.7 cm³/mol. The van der Waals surface area contributed by atoms with Crippen molar-refractivity contribution in [3.8, 4) is 11.1 Å². The smallest absolute Gasteiger partial charge is 0.423 e. The van der Waals surface area contributed by atoms with Crippen LogP contribution in [0.2, 0.25) is 5.02 Å². The van der Waals surface area contributed by atoms with Crippen molar-refractivity contribution in [2.45, 2.75) is 0 Å². The molecule has 2 N–H and O–H groups in total. The lowest BCUT2D eigenvalue weighted by atomic mass is 9.79. The van der Waals surface area contributed by atoms with Crippen LogP contribution in [0.15, 0.2) is 48.5 Å². The maximum Gasteiger partial charge on any atom is 0.489 e. The fraction of sp³-hybridized carbons (Fsp3) is 0. The van der Waals surface area contributed by atoms with Crippen molar-refractivity contribution in [2.75, 3.05) is 0 Å². The van der Waals surface area contributed by atoms with Gasteiger partial charge in [-0.25, -0.2) is 0 Å². The van der Waals surface area contributed by atoms with Crippen LogP contribution in [0, 0.1) is 0 Å². The van der Waals surface area contributed by atoms with E-state index in [0.29, 0.717) is 10.5 Å². The molecule has 0 aliphatic heterocycles. The summed E-state index contributed by atoms with van der Waals surface area (Å²) in [5.74, 6) is 0. The average molecular weight is 232 g/mol. The number of rotatable bonds is 2. The number of hydrogen-bond acceptors (Lipinski definition) is 2. The minimum absolute atomic E-state index is 0.321. The number of hydrogen-bond donors (Lipinski definition) is 2. The van der Waals surface area contributed by atoms with Gasteiger partial charge in [-0.15, -0.1) is 0 Å². The monoisotopic (exact) mass is 232 g/mol. The third-order valence-corrected chi connectivity index (χ3v) is 2.71. The van der Waals surface area contributed by atoms with Crippen LogP contribution in [0.1, 0.15) is 0 Å². The summed E-state index contributed by atoms with van der Waals surface area (Å²) in [6, 6.07) is 14.9. The van der Waals surface area contributed by atoms with Crippen molar-refractivity contribution in [2.24, 2.45) is 0 Å². The van der Waals surface area contributed by atoms with Gasteiger partial charge in [-0.3, -0.25) is 0 Å². The van der Waals surface area contributed by atoms with Crippen molar-refractivity contribution >= 4 is 24.2 Å². The number of benzene rings is 2. The lowest BCUT2D eigenvalue weighted by Crippen LogP contribution is -2.30. The zero-order chi connectivity index (χ0) is 11.5. The molecule has 0 fully saturated rings. The molecule has 2 rings (SSSR count). The second-order valence-electron chi connectivity index (χ2n) is 3.48. The second-order valence-corrected chi connectivity index (χ2v) is 3.88. The van der Waals surface area contributed by atoms with Crippen molar-refractivity contribution < 1.29 is 10.0 Å². The molecule has 0 aliphatic carbocycles. The van der Waals surface area contributed by atoms with Crippen LogP contribution >= 0.6 is 11.6 Å². The minimum Gasteiger partial charge on any atom is -0.423 e. The van der Waals surface area contributed by atoms with Gasteiger partial charge >= 0.3 is 7.12 Å². The van der Waals surface area contributed by atoms with Crippen molar-refractivity contribution in [3.63, 3.8) is 0 Å². The maximum atomic E-state index is 9.04. The van der Waals surface area contributed by atoms with Gasteiger partial charge in [0.05, 0.1) is 0 Å². The third-order valence-electron chi connectivity index (χ3n) is 2.39. The highest BCUT2D eigenvalue weighted by atomic mass is 35.5. The fourth-order valence-corrected chi connectivity index (χ4v) is 1.82. The Balaban J connectivity index is 2.43. The van der Waals surface area contributed by atoms with E-state index in [1.165, 1.54) is 0 Å². The van der Waals surface area contributed by atoms with E-state index in [2.05, 4.69) is 0 Å². The first kappa shape index (κ1) is 11.2. The standard InChI is InChI=1S/C12H10BClO2/c14-12-8-10(6-7-11(12)13(15)16)9-4-2-1-3-5-9/h1-8,15-16H. The largest absolute Gasteiger partial charge is 0.489 e. The van der Waals surface area contributed by atoms with E-state index in [9.17, 15) is 0 Å². The molecule has 0 atom stereocenters. The Morgan fingerprint density at radius 1 is 0.875 bits per heavy atom. The molecule has 80 valence electrons. The lowest BCUT2D eigenvalue weighted by molar-refractivity contribution is 0.426. The van der Waals surface area contributed by atoms with Crippen LogP contribution < -0.4 is 5.46 Å². The summed E-state index contributed by atoms with van der Waals surface area (Å²) in [5, 5.41) is 18.4. The molecular formula is C12H10BClO2. The van der Waals surface area contributed by atoms with Gasteiger partial charge in [0.2, 0.25) is 0 Å². The van der Waals surface area contributed by atoms with Crippen LogP contribution in [0.3, 0.4) is 0 Å². The SMILES string of the molecule is OB(O)c1ccc(-c2ccccc2)cc1Cl. The molecule has 0 unspecified atom stereocenters. The van der Waals surface area contributed by atoms with Gasteiger partial charge in [-0.05, 0) is 17.2 Å². The van der Waals surface area contributed by atoms with Crippen LogP contribution in [-0.2, 0) is 0 Å². The van der Waals surface area contributed by atoms with Crippen LogP contribution in [0.4, 0.5) is 0 Å². The summed E-state index contributed by atoms with van der Waals surface area (Å²) in [5.41, 5.74) is 2.32. The van der Waals surface area contributed by atoms with Crippen molar-refractivity contribution in [3.05, 3.63) is 53.6 Å². The third kappa shape index (κ3) is 2.27. The molecule has 2 aromatic carbocycles. The van der Waals surface area contributed by atoms with Crippen molar-refractivity contribution in [1.29, 1.82) is 0 Å². The van der Waals surface area contributed by atoms with Gasteiger partial charge < -0.3 is 10.0 Å². The van der Waals surface area contributed by atoms with Crippen LogP contribution in [-0.4, -0.2) is 17.2 Å². The quantitative estimate of drug-likeness (QED) is 0.774. The summed E-state index contributed by atoms with van der Waals surface area (Å²) in [6.07, 6.45) is 0. The van der Waals surface area contributed by atoms with Gasteiger partial charge in [0.1, 0.15) is 0 Å². The lowest BCUT2D eigenvalue weighted by Gasteiger charge is -2.06. The molecule has 0 radical (unpaired) electrons. The van der Waals surface area contributed by atoms with E-state index in [-0.39, 0.29) is 0 Å². The van der Waals surface area contributed by atoms with Gasteiger partial charge in [0, 0.05) is 10.5 Å². The minimum atomic E-state index is -1.53. The van der Waals surface area contributed by atoms with Crippen LogP contribution in [0.5, 0.6) is 0 Å². The van der Waals surface area contributed by atoms with Gasteiger partial charge in [0.25, 0.3) is 0 Å². The first-order valence-corrected chi connectivity index (χ1v) is 5.27. The van der Waals surface area contributed by atoms with Crippen LogP contribution in [0.25, 0.3) is 11.1 Å². The highest BCUT2D eigenvalue weighted by molar-refractivity contribution is 6.62. The Morgan fingerprint density at radius 2 is 1.56 bits per heavy atom. The van der Waals surface area contributed by atoms with Crippen molar-refractivity contribution in [1.82, 2.24) is 0 Å². The molecule has 16 heavy (non-hydrogen) atoms. The van der Waals surface area contributed by atoms with E-state index in [4.69, 9.17) is 21.6 Å². The fourth-order valence-electron chi connectivity index (χ4n) is 1.55. The van der Waals surface area contributed by atoms with E-state index in [1.807, 2.05) is 36.4 Å². The topological polar surface area (TPSA) is 40.5 Å². The van der Waals surface area contributed by atoms with E-state index >= 15 is 0 Å². The maximum absolute atomic E-state index is 9.04. The molecule has 4 heteroatoms. The van der Waals surface area contributed by atoms with Gasteiger partial charge in [0.15, 0.2) is 0 Å². The van der Waals surface area contributed by atoms with E-state index in [1.54, 1.807) is 12.1 Å². The van der Waals surface area contributed by atoms with E-state index < -0.39 is 7.12 Å². The molecule has 0 aromatic heterocycles. The summed E-state index contributed by atoms with van der Waals surface area (Å²) < 4.78 is 0. The average Bonchev–Trinajstić information content (AvgIpc) is 2.29. The molecule has 2 nitrogen and oxygen atoms in total. The molecular weight excluding hydrogens is 222 g/mol. The molecule has 0 spiro atoms. The summed E-state index contributed by atoms with van der Waals surface area (Å²) in [6.45, 7) is 0. The number of halogens is 1.